The van der Waals surface area contributed by atoms with Crippen molar-refractivity contribution in [3.8, 4) is 6.07 Å². The van der Waals surface area contributed by atoms with Gasteiger partial charge in [-0.1, -0.05) is 12.1 Å². The zero-order valence-corrected chi connectivity index (χ0v) is 14.2. The highest BCUT2D eigenvalue weighted by Crippen LogP contribution is 2.20. The molecule has 0 N–H and O–H groups in total. The molecule has 6 nitrogen and oxygen atoms in total. The topological polar surface area (TPSA) is 73.6 Å². The van der Waals surface area contributed by atoms with Crippen LogP contribution in [0.3, 0.4) is 0 Å². The first-order chi connectivity index (χ1) is 11.5. The highest BCUT2D eigenvalue weighted by Gasteiger charge is 2.30. The lowest BCUT2D eigenvalue weighted by Gasteiger charge is -2.33. The van der Waals surface area contributed by atoms with E-state index in [1.807, 2.05) is 12.1 Å². The van der Waals surface area contributed by atoms with Crippen LogP contribution in [0.5, 0.6) is 0 Å². The lowest BCUT2D eigenvalue weighted by Crippen LogP contribution is -2.45. The summed E-state index contributed by atoms with van der Waals surface area (Å²) in [5.41, 5.74) is 1.50. The van der Waals surface area contributed by atoms with Crippen LogP contribution in [0.25, 0.3) is 0 Å². The fraction of sp³-hybridized carbons (Fsp3) is 0.500. The average molecular weight is 329 g/mol. The molecular formula is C18H23N3O3. The summed E-state index contributed by atoms with van der Waals surface area (Å²) in [6.45, 7) is 3.59. The lowest BCUT2D eigenvalue weighted by atomic mass is 9.96. The van der Waals surface area contributed by atoms with Gasteiger partial charge in [0.2, 0.25) is 5.91 Å². The summed E-state index contributed by atoms with van der Waals surface area (Å²) in [5, 5.41) is 8.95. The van der Waals surface area contributed by atoms with Crippen molar-refractivity contribution in [3.63, 3.8) is 0 Å². The minimum atomic E-state index is -0.348. The summed E-state index contributed by atoms with van der Waals surface area (Å²) in [4.78, 5) is 27.8. The maximum atomic E-state index is 12.7. The van der Waals surface area contributed by atoms with Crippen LogP contribution in [0.2, 0.25) is 0 Å². The maximum absolute atomic E-state index is 12.7. The molecule has 1 heterocycles. The second kappa shape index (κ2) is 8.34. The van der Waals surface area contributed by atoms with Crippen molar-refractivity contribution in [2.45, 2.75) is 26.3 Å². The number of likely N-dealkylation sites (tertiary alicyclic amines) is 1. The number of nitrogens with zero attached hydrogens (tertiary/aromatic N) is 3. The molecule has 0 spiro atoms. The van der Waals surface area contributed by atoms with Crippen molar-refractivity contribution >= 4 is 12.0 Å². The smallest absolute Gasteiger partial charge is 0.409 e. The molecule has 1 saturated heterocycles. The Morgan fingerprint density at radius 2 is 2.25 bits per heavy atom. The number of rotatable bonds is 4. The van der Waals surface area contributed by atoms with E-state index in [0.29, 0.717) is 31.8 Å². The van der Waals surface area contributed by atoms with Crippen LogP contribution in [-0.2, 0) is 16.1 Å². The van der Waals surface area contributed by atoms with Gasteiger partial charge in [0.05, 0.1) is 24.2 Å². The van der Waals surface area contributed by atoms with Gasteiger partial charge >= 0.3 is 6.09 Å². The molecule has 0 aliphatic carbocycles. The monoisotopic (exact) mass is 329 g/mol. The van der Waals surface area contributed by atoms with Crippen molar-refractivity contribution in [2.75, 3.05) is 26.7 Å². The fourth-order valence-corrected chi connectivity index (χ4v) is 2.96. The molecule has 0 aromatic heterocycles. The Kier molecular flexibility index (Phi) is 6.19. The van der Waals surface area contributed by atoms with E-state index in [1.165, 1.54) is 0 Å². The summed E-state index contributed by atoms with van der Waals surface area (Å²) >= 11 is 0. The van der Waals surface area contributed by atoms with Gasteiger partial charge in [-0.25, -0.2) is 4.79 Å². The van der Waals surface area contributed by atoms with Gasteiger partial charge < -0.3 is 14.5 Å². The van der Waals surface area contributed by atoms with E-state index in [-0.39, 0.29) is 17.9 Å². The Balaban J connectivity index is 1.96. The summed E-state index contributed by atoms with van der Waals surface area (Å²) in [7, 11) is 1.75. The van der Waals surface area contributed by atoms with Gasteiger partial charge in [-0.2, -0.15) is 5.26 Å². The molecule has 1 fully saturated rings. The van der Waals surface area contributed by atoms with Gasteiger partial charge in [-0.15, -0.1) is 0 Å². The molecule has 1 aliphatic heterocycles. The highest BCUT2D eigenvalue weighted by atomic mass is 16.6. The van der Waals surface area contributed by atoms with Crippen LogP contribution in [0.1, 0.15) is 30.9 Å². The van der Waals surface area contributed by atoms with Gasteiger partial charge in [0.25, 0.3) is 0 Å². The molecule has 1 atom stereocenters. The summed E-state index contributed by atoms with van der Waals surface area (Å²) in [6, 6.07) is 9.34. The fourth-order valence-electron chi connectivity index (χ4n) is 2.96. The molecule has 0 unspecified atom stereocenters. The average Bonchev–Trinajstić information content (AvgIpc) is 2.61. The molecule has 1 aliphatic rings. The van der Waals surface area contributed by atoms with E-state index >= 15 is 0 Å². The molecular weight excluding hydrogens is 306 g/mol. The first kappa shape index (κ1) is 17.8. The number of nitriles is 1. The minimum absolute atomic E-state index is 0.0198. The first-order valence-electron chi connectivity index (χ1n) is 8.20. The predicted octanol–water partition coefficient (Wildman–Crippen LogP) is 2.39. The standard InChI is InChI=1S/C18H23N3O3/c1-3-24-18(23)21-9-5-8-16(13-21)17(22)20(2)12-15-7-4-6-14(10-15)11-19/h4,6-7,10,16H,3,5,8-9,12-13H2,1-2H3/t16-/m0/s1. The Morgan fingerprint density at radius 1 is 1.46 bits per heavy atom. The lowest BCUT2D eigenvalue weighted by molar-refractivity contribution is -0.136. The SMILES string of the molecule is CCOC(=O)N1CCC[C@H](C(=O)N(C)Cc2cccc(C#N)c2)C1. The Bertz CT molecular complexity index is 639. The van der Waals surface area contributed by atoms with E-state index in [1.54, 1.807) is 35.9 Å². The van der Waals surface area contributed by atoms with Gasteiger partial charge in [-0.05, 0) is 37.5 Å². The summed E-state index contributed by atoms with van der Waals surface area (Å²) < 4.78 is 5.02. The predicted molar refractivity (Wildman–Crippen MR) is 89.0 cm³/mol. The van der Waals surface area contributed by atoms with Crippen LogP contribution in [0, 0.1) is 17.2 Å². The number of carbonyl (C=O) groups excluding carboxylic acids is 2. The normalized spacial score (nSPS) is 17.0. The molecule has 1 aromatic carbocycles. The quantitative estimate of drug-likeness (QED) is 0.850. The third-order valence-electron chi connectivity index (χ3n) is 4.15. The Labute approximate surface area is 142 Å². The molecule has 2 amide bonds. The number of hydrogen-bond donors (Lipinski definition) is 0. The summed E-state index contributed by atoms with van der Waals surface area (Å²) in [6.07, 6.45) is 1.23. The zero-order valence-electron chi connectivity index (χ0n) is 14.2. The molecule has 128 valence electrons. The van der Waals surface area contributed by atoms with Crippen LogP contribution in [-0.4, -0.2) is 48.5 Å². The van der Waals surface area contributed by atoms with E-state index in [2.05, 4.69) is 6.07 Å². The largest absolute Gasteiger partial charge is 0.450 e. The number of hydrogen-bond acceptors (Lipinski definition) is 4. The maximum Gasteiger partial charge on any atom is 0.409 e. The van der Waals surface area contributed by atoms with E-state index < -0.39 is 0 Å². The van der Waals surface area contributed by atoms with E-state index in [4.69, 9.17) is 10.00 Å². The van der Waals surface area contributed by atoms with Crippen LogP contribution in [0.4, 0.5) is 4.79 Å². The van der Waals surface area contributed by atoms with Gasteiger partial charge in [0, 0.05) is 26.7 Å². The number of amides is 2. The molecule has 0 bridgehead atoms. The molecule has 2 rings (SSSR count). The number of benzene rings is 1. The Morgan fingerprint density at radius 3 is 2.96 bits per heavy atom. The number of ether oxygens (including phenoxy) is 1. The van der Waals surface area contributed by atoms with Crippen molar-refractivity contribution in [1.29, 1.82) is 5.26 Å². The van der Waals surface area contributed by atoms with Crippen LogP contribution < -0.4 is 0 Å². The van der Waals surface area contributed by atoms with Crippen LogP contribution >= 0.6 is 0 Å². The van der Waals surface area contributed by atoms with Gasteiger partial charge in [-0.3, -0.25) is 4.79 Å². The summed E-state index contributed by atoms with van der Waals surface area (Å²) in [5.74, 6) is -0.182. The first-order valence-corrected chi connectivity index (χ1v) is 8.20. The van der Waals surface area contributed by atoms with Crippen molar-refractivity contribution < 1.29 is 14.3 Å². The third kappa shape index (κ3) is 4.48. The third-order valence-corrected chi connectivity index (χ3v) is 4.15. The van der Waals surface area contributed by atoms with Crippen molar-refractivity contribution in [3.05, 3.63) is 35.4 Å². The second-order valence-electron chi connectivity index (χ2n) is 5.99. The van der Waals surface area contributed by atoms with E-state index in [9.17, 15) is 9.59 Å². The van der Waals surface area contributed by atoms with Crippen molar-refractivity contribution in [1.82, 2.24) is 9.80 Å². The van der Waals surface area contributed by atoms with Gasteiger partial charge in [0.15, 0.2) is 0 Å². The highest BCUT2D eigenvalue weighted by molar-refractivity contribution is 5.80. The molecule has 0 saturated carbocycles. The van der Waals surface area contributed by atoms with Gasteiger partial charge in [0.1, 0.15) is 0 Å². The molecule has 6 heteroatoms. The van der Waals surface area contributed by atoms with E-state index in [0.717, 1.165) is 18.4 Å². The molecule has 0 radical (unpaired) electrons. The molecule has 24 heavy (non-hydrogen) atoms. The van der Waals surface area contributed by atoms with Crippen molar-refractivity contribution in [2.24, 2.45) is 5.92 Å². The minimum Gasteiger partial charge on any atom is -0.450 e. The zero-order chi connectivity index (χ0) is 17.5. The number of piperidine rings is 1. The second-order valence-corrected chi connectivity index (χ2v) is 5.99. The number of carbonyl (C=O) groups is 2. The Hall–Kier alpha value is -2.55. The molecule has 1 aromatic rings. The van der Waals surface area contributed by atoms with Crippen LogP contribution in [0.15, 0.2) is 24.3 Å².